The fourth-order valence-corrected chi connectivity index (χ4v) is 2.31. The first-order chi connectivity index (χ1) is 12.2. The lowest BCUT2D eigenvalue weighted by molar-refractivity contribution is -0.140. The van der Waals surface area contributed by atoms with Crippen LogP contribution in [0.2, 0.25) is 0 Å². The van der Waals surface area contributed by atoms with Crippen LogP contribution in [0.1, 0.15) is 18.5 Å². The molecule has 0 aliphatic heterocycles. The second-order valence-electron chi connectivity index (χ2n) is 5.43. The molecule has 0 aliphatic carbocycles. The number of carbonyl (C=O) groups is 1. The Hall–Kier alpha value is -3.16. The molecule has 0 fully saturated rings. The molecule has 0 atom stereocenters. The molecule has 2 aromatic heterocycles. The van der Waals surface area contributed by atoms with Gasteiger partial charge in [0, 0.05) is 23.9 Å². The number of hydrogen-bond acceptors (Lipinski definition) is 7. The summed E-state index contributed by atoms with van der Waals surface area (Å²) in [7, 11) is 1.38. The maximum atomic E-state index is 11.0. The van der Waals surface area contributed by atoms with Gasteiger partial charge in [0.05, 0.1) is 13.7 Å². The summed E-state index contributed by atoms with van der Waals surface area (Å²) < 4.78 is 11.8. The molecule has 2 heterocycles. The lowest BCUT2D eigenvalue weighted by Gasteiger charge is -2.10. The minimum Gasteiger partial charge on any atom is -0.494 e. The summed E-state index contributed by atoms with van der Waals surface area (Å²) >= 11 is 0. The highest BCUT2D eigenvalue weighted by Gasteiger charge is 2.06. The van der Waals surface area contributed by atoms with Crippen molar-refractivity contribution in [2.75, 3.05) is 19.0 Å². The minimum atomic E-state index is -0.227. The van der Waals surface area contributed by atoms with Gasteiger partial charge >= 0.3 is 5.97 Å². The van der Waals surface area contributed by atoms with E-state index in [1.54, 1.807) is 4.52 Å². The standard InChI is InChI=1S/C17H19N5O3/c1-12-10-15(22-17(20-12)18-11-19-22)21-13-5-7-14(8-6-13)25-9-3-4-16(23)24-2/h5-8,10-11,21H,3-4,9H2,1-2H3. The van der Waals surface area contributed by atoms with Crippen LogP contribution in [0.5, 0.6) is 5.75 Å². The van der Waals surface area contributed by atoms with Gasteiger partial charge < -0.3 is 14.8 Å². The second-order valence-corrected chi connectivity index (χ2v) is 5.43. The quantitative estimate of drug-likeness (QED) is 0.521. The van der Waals surface area contributed by atoms with Crippen molar-refractivity contribution >= 4 is 23.3 Å². The van der Waals surface area contributed by atoms with Crippen molar-refractivity contribution in [2.24, 2.45) is 0 Å². The van der Waals surface area contributed by atoms with Crippen molar-refractivity contribution in [1.82, 2.24) is 19.6 Å². The molecular weight excluding hydrogens is 322 g/mol. The first-order valence-electron chi connectivity index (χ1n) is 7.90. The molecule has 130 valence electrons. The Labute approximate surface area is 144 Å². The smallest absolute Gasteiger partial charge is 0.305 e. The largest absolute Gasteiger partial charge is 0.494 e. The summed E-state index contributed by atoms with van der Waals surface area (Å²) in [6.45, 7) is 2.37. The fraction of sp³-hybridized carbons (Fsp3) is 0.294. The molecule has 8 nitrogen and oxygen atoms in total. The Bertz CT molecular complexity index is 860. The van der Waals surface area contributed by atoms with Gasteiger partial charge in [0.1, 0.15) is 17.9 Å². The van der Waals surface area contributed by atoms with Crippen LogP contribution in [0.15, 0.2) is 36.7 Å². The predicted octanol–water partition coefficient (Wildman–Crippen LogP) is 2.51. The van der Waals surface area contributed by atoms with Crippen LogP contribution >= 0.6 is 0 Å². The first-order valence-corrected chi connectivity index (χ1v) is 7.90. The van der Waals surface area contributed by atoms with Crippen LogP contribution < -0.4 is 10.1 Å². The molecule has 1 aromatic carbocycles. The number of methoxy groups -OCH3 is 1. The molecule has 3 aromatic rings. The number of aryl methyl sites for hydroxylation is 1. The van der Waals surface area contributed by atoms with E-state index in [0.29, 0.717) is 25.2 Å². The highest BCUT2D eigenvalue weighted by molar-refractivity contribution is 5.69. The average Bonchev–Trinajstić information content (AvgIpc) is 3.08. The maximum absolute atomic E-state index is 11.0. The minimum absolute atomic E-state index is 0.227. The van der Waals surface area contributed by atoms with Gasteiger partial charge in [-0.05, 0) is 37.6 Å². The zero-order valence-electron chi connectivity index (χ0n) is 14.1. The van der Waals surface area contributed by atoms with E-state index in [2.05, 4.69) is 25.1 Å². The Morgan fingerprint density at radius 2 is 2.08 bits per heavy atom. The summed E-state index contributed by atoms with van der Waals surface area (Å²) in [5, 5.41) is 7.46. The Kier molecular flexibility index (Phi) is 5.08. The molecule has 0 bridgehead atoms. The third-order valence-corrected chi connectivity index (χ3v) is 3.53. The van der Waals surface area contributed by atoms with E-state index in [1.165, 1.54) is 13.4 Å². The lowest BCUT2D eigenvalue weighted by atomic mass is 10.3. The monoisotopic (exact) mass is 341 g/mol. The Balaban J connectivity index is 1.60. The van der Waals surface area contributed by atoms with Crippen LogP contribution in [0.3, 0.4) is 0 Å². The zero-order valence-corrected chi connectivity index (χ0v) is 14.1. The van der Waals surface area contributed by atoms with Crippen LogP contribution in [-0.2, 0) is 9.53 Å². The van der Waals surface area contributed by atoms with Gasteiger partial charge in [-0.2, -0.15) is 14.6 Å². The number of carbonyl (C=O) groups excluding carboxylic acids is 1. The van der Waals surface area contributed by atoms with Gasteiger partial charge in [0.15, 0.2) is 0 Å². The molecule has 0 spiro atoms. The third-order valence-electron chi connectivity index (χ3n) is 3.53. The number of fused-ring (bicyclic) bond motifs is 1. The predicted molar refractivity (Wildman–Crippen MR) is 92.0 cm³/mol. The highest BCUT2D eigenvalue weighted by atomic mass is 16.5. The Morgan fingerprint density at radius 1 is 1.28 bits per heavy atom. The number of ether oxygens (including phenoxy) is 2. The van der Waals surface area contributed by atoms with Crippen LogP contribution in [-0.4, -0.2) is 39.3 Å². The number of anilines is 2. The normalized spacial score (nSPS) is 10.6. The number of benzene rings is 1. The van der Waals surface area contributed by atoms with Crippen molar-refractivity contribution in [2.45, 2.75) is 19.8 Å². The van der Waals surface area contributed by atoms with Gasteiger partial charge in [0.25, 0.3) is 5.78 Å². The van der Waals surface area contributed by atoms with Gasteiger partial charge in [-0.25, -0.2) is 4.98 Å². The first kappa shape index (κ1) is 16.7. The number of rotatable bonds is 7. The summed E-state index contributed by atoms with van der Waals surface area (Å²) in [5.41, 5.74) is 1.75. The SMILES string of the molecule is COC(=O)CCCOc1ccc(Nc2cc(C)nc3ncnn23)cc1. The van der Waals surface area contributed by atoms with E-state index >= 15 is 0 Å². The lowest BCUT2D eigenvalue weighted by Crippen LogP contribution is -2.04. The maximum Gasteiger partial charge on any atom is 0.305 e. The molecular formula is C17H19N5O3. The number of nitrogens with zero attached hydrogens (tertiary/aromatic N) is 4. The summed E-state index contributed by atoms with van der Waals surface area (Å²) in [6, 6.07) is 9.46. The molecule has 0 saturated carbocycles. The van der Waals surface area contributed by atoms with E-state index < -0.39 is 0 Å². The zero-order chi connectivity index (χ0) is 17.6. The van der Waals surface area contributed by atoms with Crippen molar-refractivity contribution < 1.29 is 14.3 Å². The summed E-state index contributed by atoms with van der Waals surface area (Å²) in [4.78, 5) is 19.4. The third kappa shape index (κ3) is 4.23. The van der Waals surface area contributed by atoms with E-state index in [9.17, 15) is 4.79 Å². The van der Waals surface area contributed by atoms with E-state index in [0.717, 1.165) is 22.9 Å². The fourth-order valence-electron chi connectivity index (χ4n) is 2.31. The van der Waals surface area contributed by atoms with E-state index in [-0.39, 0.29) is 5.97 Å². The average molecular weight is 341 g/mol. The van der Waals surface area contributed by atoms with E-state index in [4.69, 9.17) is 4.74 Å². The van der Waals surface area contributed by atoms with Gasteiger partial charge in [-0.15, -0.1) is 0 Å². The second kappa shape index (κ2) is 7.61. The van der Waals surface area contributed by atoms with Gasteiger partial charge in [-0.3, -0.25) is 4.79 Å². The molecule has 0 amide bonds. The molecule has 0 saturated heterocycles. The van der Waals surface area contributed by atoms with Crippen molar-refractivity contribution in [3.8, 4) is 5.75 Å². The summed E-state index contributed by atoms with van der Waals surface area (Å²) in [5.74, 6) is 1.85. The van der Waals surface area contributed by atoms with Crippen LogP contribution in [0.4, 0.5) is 11.5 Å². The van der Waals surface area contributed by atoms with Crippen LogP contribution in [0, 0.1) is 6.92 Å². The highest BCUT2D eigenvalue weighted by Crippen LogP contribution is 2.20. The topological polar surface area (TPSA) is 90.6 Å². The molecule has 3 rings (SSSR count). The van der Waals surface area contributed by atoms with Crippen LogP contribution in [0.25, 0.3) is 5.78 Å². The number of hydrogen-bond donors (Lipinski definition) is 1. The number of esters is 1. The van der Waals surface area contributed by atoms with Crippen molar-refractivity contribution in [1.29, 1.82) is 0 Å². The number of nitrogens with one attached hydrogen (secondary N) is 1. The van der Waals surface area contributed by atoms with Crippen molar-refractivity contribution in [3.63, 3.8) is 0 Å². The molecule has 0 unspecified atom stereocenters. The van der Waals surface area contributed by atoms with Gasteiger partial charge in [-0.1, -0.05) is 0 Å². The van der Waals surface area contributed by atoms with Crippen molar-refractivity contribution in [3.05, 3.63) is 42.4 Å². The van der Waals surface area contributed by atoms with E-state index in [1.807, 2.05) is 37.3 Å². The van der Waals surface area contributed by atoms with Gasteiger partial charge in [0.2, 0.25) is 0 Å². The molecule has 25 heavy (non-hydrogen) atoms. The molecule has 0 radical (unpaired) electrons. The molecule has 1 N–H and O–H groups in total. The molecule has 8 heteroatoms. The number of aromatic nitrogens is 4. The Morgan fingerprint density at radius 3 is 2.84 bits per heavy atom. The molecule has 0 aliphatic rings. The summed E-state index contributed by atoms with van der Waals surface area (Å²) in [6.07, 6.45) is 2.44.